The van der Waals surface area contributed by atoms with E-state index in [4.69, 9.17) is 15.2 Å². The molecule has 0 unspecified atom stereocenters. The molecule has 0 aliphatic carbocycles. The molecule has 172 valence electrons. The number of nitrogens with zero attached hydrogens (tertiary/aromatic N) is 3. The quantitative estimate of drug-likeness (QED) is 0.308. The summed E-state index contributed by atoms with van der Waals surface area (Å²) in [6.45, 7) is 0.132. The van der Waals surface area contributed by atoms with Crippen molar-refractivity contribution in [3.8, 4) is 17.2 Å². The zero-order chi connectivity index (χ0) is 24.1. The molecule has 1 aliphatic rings. The Bertz CT molecular complexity index is 1660. The topological polar surface area (TPSA) is 135 Å². The molecule has 0 fully saturated rings. The van der Waals surface area contributed by atoms with Gasteiger partial charge in [-0.15, -0.1) is 0 Å². The summed E-state index contributed by atoms with van der Waals surface area (Å²) in [5, 5.41) is 20.8. The number of carbonyl (C=O) groups is 2. The van der Waals surface area contributed by atoms with E-state index in [1.54, 1.807) is 28.9 Å². The fourth-order valence-electron chi connectivity index (χ4n) is 4.16. The molecule has 5 aromatic rings. The van der Waals surface area contributed by atoms with E-state index in [0.717, 1.165) is 10.8 Å². The van der Waals surface area contributed by atoms with Gasteiger partial charge in [0, 0.05) is 34.7 Å². The van der Waals surface area contributed by atoms with Gasteiger partial charge in [0.15, 0.2) is 29.6 Å². The van der Waals surface area contributed by atoms with E-state index in [1.165, 1.54) is 24.5 Å². The molecule has 0 saturated carbocycles. The van der Waals surface area contributed by atoms with E-state index < -0.39 is 5.91 Å². The van der Waals surface area contributed by atoms with Gasteiger partial charge in [-0.1, -0.05) is 12.1 Å². The van der Waals surface area contributed by atoms with Crippen molar-refractivity contribution in [3.05, 3.63) is 89.5 Å². The minimum atomic E-state index is -0.655. The highest BCUT2D eigenvalue weighted by atomic mass is 16.7. The van der Waals surface area contributed by atoms with Gasteiger partial charge in [-0.3, -0.25) is 9.59 Å². The molecule has 0 radical (unpaired) electrons. The van der Waals surface area contributed by atoms with Crippen LogP contribution in [-0.4, -0.2) is 28.4 Å². The van der Waals surface area contributed by atoms with Crippen molar-refractivity contribution < 1.29 is 23.8 Å². The molecule has 10 heteroatoms. The Morgan fingerprint density at radius 3 is 2.54 bits per heavy atom. The average Bonchev–Trinajstić information content (AvgIpc) is 3.49. The van der Waals surface area contributed by atoms with Crippen LogP contribution >= 0.6 is 0 Å². The number of amides is 2. The number of hydrogen-bond acceptors (Lipinski definition) is 6. The number of ether oxygens (including phenoxy) is 2. The maximum Gasteiger partial charge on any atom is 0.269 e. The van der Waals surface area contributed by atoms with Crippen molar-refractivity contribution in [1.82, 2.24) is 9.78 Å². The zero-order valence-electron chi connectivity index (χ0n) is 18.1. The molecule has 35 heavy (non-hydrogen) atoms. The van der Waals surface area contributed by atoms with Gasteiger partial charge in [0.05, 0.1) is 16.8 Å². The number of fused-ring (bicyclic) bond motifs is 4. The Balaban J connectivity index is 1.51. The van der Waals surface area contributed by atoms with Gasteiger partial charge in [0.1, 0.15) is 0 Å². The zero-order valence-corrected chi connectivity index (χ0v) is 18.1. The maximum absolute atomic E-state index is 12.7. The van der Waals surface area contributed by atoms with Crippen LogP contribution in [0, 0.1) is 5.21 Å². The highest BCUT2D eigenvalue weighted by Crippen LogP contribution is 2.36. The average molecular weight is 467 g/mol. The van der Waals surface area contributed by atoms with Crippen molar-refractivity contribution in [3.63, 3.8) is 0 Å². The smallest absolute Gasteiger partial charge is 0.269 e. The molecule has 3 aromatic carbocycles. The lowest BCUT2D eigenvalue weighted by atomic mass is 10.0. The summed E-state index contributed by atoms with van der Waals surface area (Å²) in [5.41, 5.74) is 7.95. The highest BCUT2D eigenvalue weighted by Gasteiger charge is 2.21. The molecular formula is C25H17N5O5. The molecule has 3 heterocycles. The fourth-order valence-corrected chi connectivity index (χ4v) is 4.16. The molecule has 1 aliphatic heterocycles. The Hall–Kier alpha value is -5.12. The van der Waals surface area contributed by atoms with Gasteiger partial charge in [-0.05, 0) is 35.7 Å². The second kappa shape index (κ2) is 7.73. The summed E-state index contributed by atoms with van der Waals surface area (Å²) in [7, 11) is 0. The normalized spacial score (nSPS) is 12.2. The van der Waals surface area contributed by atoms with E-state index in [1.807, 2.05) is 24.3 Å². The molecule has 0 saturated heterocycles. The van der Waals surface area contributed by atoms with Gasteiger partial charge >= 0.3 is 0 Å². The number of hydrogen-bond donors (Lipinski definition) is 2. The van der Waals surface area contributed by atoms with Crippen LogP contribution in [-0.2, 0) is 0 Å². The predicted molar refractivity (Wildman–Crippen MR) is 127 cm³/mol. The van der Waals surface area contributed by atoms with Gasteiger partial charge in [0.25, 0.3) is 11.8 Å². The van der Waals surface area contributed by atoms with Crippen LogP contribution in [0.2, 0.25) is 0 Å². The first-order valence-electron chi connectivity index (χ1n) is 10.6. The molecule has 2 aromatic heterocycles. The molecule has 0 spiro atoms. The van der Waals surface area contributed by atoms with E-state index in [-0.39, 0.29) is 18.4 Å². The monoisotopic (exact) mass is 467 g/mol. The third-order valence-electron chi connectivity index (χ3n) is 5.82. The fraction of sp³-hybridized carbons (Fsp3) is 0.0400. The van der Waals surface area contributed by atoms with Gasteiger partial charge in [-0.25, -0.2) is 4.68 Å². The van der Waals surface area contributed by atoms with E-state index >= 15 is 0 Å². The van der Waals surface area contributed by atoms with E-state index in [2.05, 4.69) is 10.4 Å². The standard InChI is InChI=1S/C25H17N5O5/c26-24(31)22-18-5-2-14-1-3-16(27-25(32)15-7-9-29(33)10-8-15)11-19(14)23(18)30(28-22)17-4-6-20-21(12-17)35-13-34-20/h1-12H,13H2,(H2,26,31)(H,27,32). The van der Waals surface area contributed by atoms with Crippen molar-refractivity contribution in [1.29, 1.82) is 0 Å². The molecule has 3 N–H and O–H groups in total. The van der Waals surface area contributed by atoms with Crippen molar-refractivity contribution in [2.45, 2.75) is 0 Å². The molecule has 10 nitrogen and oxygen atoms in total. The SMILES string of the molecule is NC(=O)c1nn(-c2ccc3c(c2)OCO3)c2c1ccc1ccc(NC(=O)c3cc[n+]([O-])cc3)cc12. The highest BCUT2D eigenvalue weighted by molar-refractivity contribution is 6.14. The largest absolute Gasteiger partial charge is 0.619 e. The second-order valence-corrected chi connectivity index (χ2v) is 7.96. The van der Waals surface area contributed by atoms with Crippen LogP contribution in [0.1, 0.15) is 20.8 Å². The Labute approximate surface area is 197 Å². The number of primary amides is 1. The van der Waals surface area contributed by atoms with Crippen LogP contribution in [0.5, 0.6) is 11.5 Å². The van der Waals surface area contributed by atoms with Gasteiger partial charge in [0.2, 0.25) is 6.79 Å². The summed E-state index contributed by atoms with van der Waals surface area (Å²) >= 11 is 0. The maximum atomic E-state index is 12.7. The summed E-state index contributed by atoms with van der Waals surface area (Å²) in [6, 6.07) is 17.4. The summed E-state index contributed by atoms with van der Waals surface area (Å²) in [6.07, 6.45) is 2.52. The predicted octanol–water partition coefficient (Wildman–Crippen LogP) is 2.89. The minimum Gasteiger partial charge on any atom is -0.619 e. The lowest BCUT2D eigenvalue weighted by molar-refractivity contribution is -0.605. The third kappa shape index (κ3) is 3.44. The lowest BCUT2D eigenvalue weighted by Gasteiger charge is -2.10. The van der Waals surface area contributed by atoms with Crippen molar-refractivity contribution in [2.24, 2.45) is 5.73 Å². The van der Waals surface area contributed by atoms with Crippen LogP contribution in [0.15, 0.2) is 73.1 Å². The first-order chi connectivity index (χ1) is 17.0. The van der Waals surface area contributed by atoms with Crippen LogP contribution in [0.3, 0.4) is 0 Å². The van der Waals surface area contributed by atoms with E-state index in [0.29, 0.717) is 44.1 Å². The Kier molecular flexibility index (Phi) is 4.53. The number of nitrogens with one attached hydrogen (secondary N) is 1. The van der Waals surface area contributed by atoms with Crippen LogP contribution in [0.4, 0.5) is 5.69 Å². The van der Waals surface area contributed by atoms with Crippen LogP contribution < -0.4 is 25.3 Å². The van der Waals surface area contributed by atoms with Crippen LogP contribution in [0.25, 0.3) is 27.4 Å². The number of aromatic nitrogens is 3. The van der Waals surface area contributed by atoms with Crippen molar-refractivity contribution in [2.75, 3.05) is 12.1 Å². The number of pyridine rings is 1. The first kappa shape index (κ1) is 20.5. The number of benzene rings is 3. The molecule has 2 amide bonds. The number of rotatable bonds is 4. The minimum absolute atomic E-state index is 0.129. The van der Waals surface area contributed by atoms with Gasteiger partial charge < -0.3 is 25.7 Å². The summed E-state index contributed by atoms with van der Waals surface area (Å²) < 4.78 is 13.1. The Morgan fingerprint density at radius 2 is 1.74 bits per heavy atom. The van der Waals surface area contributed by atoms with Crippen molar-refractivity contribution >= 4 is 39.2 Å². The summed E-state index contributed by atoms with van der Waals surface area (Å²) in [4.78, 5) is 24.9. The molecule has 0 bridgehead atoms. The second-order valence-electron chi connectivity index (χ2n) is 7.96. The lowest BCUT2D eigenvalue weighted by Crippen LogP contribution is -2.25. The molecule has 0 atom stereocenters. The Morgan fingerprint density at radius 1 is 0.971 bits per heavy atom. The van der Waals surface area contributed by atoms with Gasteiger partial charge in [-0.2, -0.15) is 9.83 Å². The molecular weight excluding hydrogens is 450 g/mol. The number of nitrogens with two attached hydrogens (primary N) is 1. The number of anilines is 1. The molecule has 6 rings (SSSR count). The van der Waals surface area contributed by atoms with E-state index in [9.17, 15) is 14.8 Å². The summed E-state index contributed by atoms with van der Waals surface area (Å²) in [5.74, 6) is 0.179. The number of carbonyl (C=O) groups excluding carboxylic acids is 2. The third-order valence-corrected chi connectivity index (χ3v) is 5.82. The first-order valence-corrected chi connectivity index (χ1v) is 10.6.